The van der Waals surface area contributed by atoms with E-state index >= 15 is 0 Å². The predicted molar refractivity (Wildman–Crippen MR) is 115 cm³/mol. The molecule has 0 unspecified atom stereocenters. The maximum atomic E-state index is 12.7. The zero-order valence-electron chi connectivity index (χ0n) is 15.7. The van der Waals surface area contributed by atoms with Gasteiger partial charge in [0, 0.05) is 24.2 Å². The molecule has 0 atom stereocenters. The number of nitrogens with zero attached hydrogens (tertiary/aromatic N) is 1. The Labute approximate surface area is 178 Å². The molecule has 0 aromatic heterocycles. The first-order chi connectivity index (χ1) is 14.0. The van der Waals surface area contributed by atoms with E-state index in [-0.39, 0.29) is 11.0 Å². The second kappa shape index (κ2) is 9.69. The molecule has 1 heterocycles. The van der Waals surface area contributed by atoms with Crippen LogP contribution in [0.15, 0.2) is 42.5 Å². The number of carbonyl (C=O) groups is 2. The van der Waals surface area contributed by atoms with Gasteiger partial charge < -0.3 is 19.7 Å². The molecule has 9 heteroatoms. The fraction of sp³-hybridized carbons (Fsp3) is 0.250. The maximum Gasteiger partial charge on any atom is 0.257 e. The van der Waals surface area contributed by atoms with Gasteiger partial charge in [0.15, 0.2) is 5.11 Å². The molecular formula is C20H20ClN3O4S. The molecular weight excluding hydrogens is 414 g/mol. The van der Waals surface area contributed by atoms with Crippen LogP contribution in [0.25, 0.3) is 0 Å². The van der Waals surface area contributed by atoms with E-state index in [9.17, 15) is 9.59 Å². The van der Waals surface area contributed by atoms with E-state index in [4.69, 9.17) is 33.3 Å². The highest BCUT2D eigenvalue weighted by Gasteiger charge is 2.19. The molecule has 0 bridgehead atoms. The minimum absolute atomic E-state index is 0.0655. The summed E-state index contributed by atoms with van der Waals surface area (Å²) in [6.45, 7) is 2.12. The van der Waals surface area contributed by atoms with Crippen molar-refractivity contribution in [3.8, 4) is 5.75 Å². The van der Waals surface area contributed by atoms with Gasteiger partial charge in [-0.3, -0.25) is 14.9 Å². The van der Waals surface area contributed by atoms with Crippen molar-refractivity contribution in [3.05, 3.63) is 58.6 Å². The number of morpholine rings is 1. The summed E-state index contributed by atoms with van der Waals surface area (Å²) >= 11 is 11.5. The van der Waals surface area contributed by atoms with Crippen LogP contribution in [0.3, 0.4) is 0 Å². The Kier molecular flexibility index (Phi) is 7.03. The minimum atomic E-state index is -0.391. The molecule has 29 heavy (non-hydrogen) atoms. The predicted octanol–water partition coefficient (Wildman–Crippen LogP) is 2.95. The molecule has 7 nitrogen and oxygen atoms in total. The van der Waals surface area contributed by atoms with E-state index in [1.54, 1.807) is 47.4 Å². The van der Waals surface area contributed by atoms with Crippen molar-refractivity contribution >= 4 is 46.4 Å². The average Bonchev–Trinajstić information content (AvgIpc) is 2.75. The lowest BCUT2D eigenvalue weighted by Gasteiger charge is -2.27. The van der Waals surface area contributed by atoms with Crippen molar-refractivity contribution in [2.24, 2.45) is 0 Å². The highest BCUT2D eigenvalue weighted by Crippen LogP contribution is 2.24. The third-order valence-corrected chi connectivity index (χ3v) is 4.85. The van der Waals surface area contributed by atoms with Gasteiger partial charge in [-0.05, 0) is 48.6 Å². The lowest BCUT2D eigenvalue weighted by Crippen LogP contribution is -2.40. The number of anilines is 1. The quantitative estimate of drug-likeness (QED) is 0.722. The SMILES string of the molecule is COc1cccc(C(=O)NC(=S)Nc2cc(C(=O)N3CCOCC3)ccc2Cl)c1. The normalized spacial score (nSPS) is 13.5. The van der Waals surface area contributed by atoms with E-state index in [1.807, 2.05) is 0 Å². The molecule has 0 radical (unpaired) electrons. The highest BCUT2D eigenvalue weighted by atomic mass is 35.5. The number of methoxy groups -OCH3 is 1. The first kappa shape index (κ1) is 21.0. The summed E-state index contributed by atoms with van der Waals surface area (Å²) in [4.78, 5) is 26.8. The Bertz CT molecular complexity index is 932. The van der Waals surface area contributed by atoms with Crippen molar-refractivity contribution in [2.75, 3.05) is 38.7 Å². The van der Waals surface area contributed by atoms with Crippen molar-refractivity contribution < 1.29 is 19.1 Å². The number of thiocarbonyl (C=S) groups is 1. The van der Waals surface area contributed by atoms with Gasteiger partial charge in [0.05, 0.1) is 31.0 Å². The Morgan fingerprint density at radius 3 is 2.62 bits per heavy atom. The lowest BCUT2D eigenvalue weighted by atomic mass is 10.1. The first-order valence-corrected chi connectivity index (χ1v) is 9.69. The Morgan fingerprint density at radius 2 is 1.90 bits per heavy atom. The van der Waals surface area contributed by atoms with Crippen LogP contribution in [-0.2, 0) is 4.74 Å². The Balaban J connectivity index is 1.67. The van der Waals surface area contributed by atoms with E-state index in [0.717, 1.165) is 0 Å². The fourth-order valence-corrected chi connectivity index (χ4v) is 3.16. The van der Waals surface area contributed by atoms with Crippen LogP contribution in [0, 0.1) is 0 Å². The molecule has 3 rings (SSSR count). The summed E-state index contributed by atoms with van der Waals surface area (Å²) in [5, 5.41) is 5.91. The van der Waals surface area contributed by atoms with Crippen LogP contribution in [0.4, 0.5) is 5.69 Å². The molecule has 0 spiro atoms. The van der Waals surface area contributed by atoms with E-state index in [0.29, 0.717) is 53.9 Å². The van der Waals surface area contributed by atoms with Crippen LogP contribution >= 0.6 is 23.8 Å². The zero-order valence-corrected chi connectivity index (χ0v) is 17.3. The molecule has 1 fully saturated rings. The fourth-order valence-electron chi connectivity index (χ4n) is 2.80. The number of rotatable bonds is 4. The van der Waals surface area contributed by atoms with E-state index < -0.39 is 5.91 Å². The van der Waals surface area contributed by atoms with Gasteiger partial charge in [0.25, 0.3) is 11.8 Å². The topological polar surface area (TPSA) is 79.9 Å². The molecule has 2 aromatic carbocycles. The summed E-state index contributed by atoms with van der Waals surface area (Å²) in [6, 6.07) is 11.6. The molecule has 2 N–H and O–H groups in total. The number of halogens is 1. The average molecular weight is 434 g/mol. The van der Waals surface area contributed by atoms with Crippen LogP contribution < -0.4 is 15.4 Å². The highest BCUT2D eigenvalue weighted by molar-refractivity contribution is 7.80. The van der Waals surface area contributed by atoms with Gasteiger partial charge in [0.2, 0.25) is 0 Å². The van der Waals surface area contributed by atoms with Crippen molar-refractivity contribution in [3.63, 3.8) is 0 Å². The zero-order chi connectivity index (χ0) is 20.8. The molecule has 1 aliphatic rings. The summed E-state index contributed by atoms with van der Waals surface area (Å²) < 4.78 is 10.4. The first-order valence-electron chi connectivity index (χ1n) is 8.91. The van der Waals surface area contributed by atoms with Gasteiger partial charge in [-0.15, -0.1) is 0 Å². The molecule has 0 aliphatic carbocycles. The second-order valence-corrected chi connectivity index (χ2v) is 7.05. The van der Waals surface area contributed by atoms with E-state index in [1.165, 1.54) is 7.11 Å². The van der Waals surface area contributed by atoms with E-state index in [2.05, 4.69) is 10.6 Å². The third kappa shape index (κ3) is 5.44. The minimum Gasteiger partial charge on any atom is -0.497 e. The van der Waals surface area contributed by atoms with Crippen molar-refractivity contribution in [2.45, 2.75) is 0 Å². The van der Waals surface area contributed by atoms with Crippen LogP contribution in [-0.4, -0.2) is 55.2 Å². The lowest BCUT2D eigenvalue weighted by molar-refractivity contribution is 0.0303. The van der Waals surface area contributed by atoms with Gasteiger partial charge >= 0.3 is 0 Å². The number of nitrogens with one attached hydrogen (secondary N) is 2. The number of hydrogen-bond acceptors (Lipinski definition) is 5. The number of carbonyl (C=O) groups excluding carboxylic acids is 2. The standard InChI is InChI=1S/C20H20ClN3O4S/c1-27-15-4-2-3-13(11-15)18(25)23-20(29)22-17-12-14(5-6-16(17)21)19(26)24-7-9-28-10-8-24/h2-6,11-12H,7-10H2,1H3,(H2,22,23,25,29). The van der Waals surface area contributed by atoms with Crippen molar-refractivity contribution in [1.29, 1.82) is 0 Å². The van der Waals surface area contributed by atoms with Crippen molar-refractivity contribution in [1.82, 2.24) is 10.2 Å². The number of ether oxygens (including phenoxy) is 2. The smallest absolute Gasteiger partial charge is 0.257 e. The number of hydrogen-bond donors (Lipinski definition) is 2. The summed E-state index contributed by atoms with van der Waals surface area (Å²) in [5.41, 5.74) is 1.30. The van der Waals surface area contributed by atoms with Gasteiger partial charge in [-0.1, -0.05) is 17.7 Å². The molecule has 2 amide bonds. The molecule has 2 aromatic rings. The van der Waals surface area contributed by atoms with Gasteiger partial charge in [0.1, 0.15) is 5.75 Å². The van der Waals surface area contributed by atoms with Crippen LogP contribution in [0.2, 0.25) is 5.02 Å². The second-order valence-electron chi connectivity index (χ2n) is 6.24. The Hall–Kier alpha value is -2.68. The molecule has 0 saturated carbocycles. The summed E-state index contributed by atoms with van der Waals surface area (Å²) in [7, 11) is 1.52. The monoisotopic (exact) mass is 433 g/mol. The van der Waals surface area contributed by atoms with Gasteiger partial charge in [-0.25, -0.2) is 0 Å². The summed E-state index contributed by atoms with van der Waals surface area (Å²) in [5.74, 6) is 0.0614. The molecule has 152 valence electrons. The molecule has 1 aliphatic heterocycles. The third-order valence-electron chi connectivity index (χ3n) is 4.32. The molecule has 1 saturated heterocycles. The van der Waals surface area contributed by atoms with Crippen LogP contribution in [0.5, 0.6) is 5.75 Å². The Morgan fingerprint density at radius 1 is 1.14 bits per heavy atom. The van der Waals surface area contributed by atoms with Gasteiger partial charge in [-0.2, -0.15) is 0 Å². The largest absolute Gasteiger partial charge is 0.497 e. The number of benzene rings is 2. The van der Waals surface area contributed by atoms with Crippen LogP contribution in [0.1, 0.15) is 20.7 Å². The number of amides is 2. The maximum absolute atomic E-state index is 12.7. The summed E-state index contributed by atoms with van der Waals surface area (Å²) in [6.07, 6.45) is 0.